The molecule has 1 fully saturated rings. The molecule has 0 aromatic heterocycles. The van der Waals surface area contributed by atoms with Crippen LogP contribution in [0, 0.1) is 5.82 Å². The molecule has 2 aliphatic heterocycles. The van der Waals surface area contributed by atoms with Crippen LogP contribution in [0.3, 0.4) is 0 Å². The highest BCUT2D eigenvalue weighted by Gasteiger charge is 2.37. The third-order valence-electron chi connectivity index (χ3n) is 5.66. The molecule has 31 heavy (non-hydrogen) atoms. The summed E-state index contributed by atoms with van der Waals surface area (Å²) in [5, 5.41) is 2.79. The van der Waals surface area contributed by atoms with Crippen LogP contribution in [0.15, 0.2) is 35.5 Å². The molecule has 9 heteroatoms. The molecular weight excluding hydrogens is 403 g/mol. The molecule has 8 nitrogen and oxygen atoms in total. The summed E-state index contributed by atoms with van der Waals surface area (Å²) < 4.78 is 19.2. The molecule has 3 amide bonds. The number of amides is 3. The maximum Gasteiger partial charge on any atom is 0.338 e. The number of carbonyl (C=O) groups excluding carboxylic acids is 3. The first-order valence-corrected chi connectivity index (χ1v) is 10.6. The van der Waals surface area contributed by atoms with Gasteiger partial charge in [-0.05, 0) is 24.6 Å². The van der Waals surface area contributed by atoms with E-state index in [1.54, 1.807) is 26.1 Å². The van der Waals surface area contributed by atoms with Gasteiger partial charge in [0.05, 0.1) is 18.2 Å². The summed E-state index contributed by atoms with van der Waals surface area (Å²) in [6, 6.07) is 4.65. The number of rotatable bonds is 6. The molecule has 0 saturated carbocycles. The van der Waals surface area contributed by atoms with Gasteiger partial charge in [0.25, 0.3) is 0 Å². The van der Waals surface area contributed by atoms with E-state index < -0.39 is 17.8 Å². The van der Waals surface area contributed by atoms with E-state index in [0.29, 0.717) is 56.0 Å². The van der Waals surface area contributed by atoms with Crippen molar-refractivity contribution in [3.63, 3.8) is 0 Å². The molecule has 1 atom stereocenters. The summed E-state index contributed by atoms with van der Waals surface area (Å²) in [5.74, 6) is -0.878. The number of carbonyl (C=O) groups is 3. The van der Waals surface area contributed by atoms with Gasteiger partial charge in [0, 0.05) is 51.9 Å². The summed E-state index contributed by atoms with van der Waals surface area (Å²) in [4.78, 5) is 42.9. The Hall–Kier alpha value is -2.94. The van der Waals surface area contributed by atoms with Gasteiger partial charge in [0.2, 0.25) is 5.91 Å². The second-order valence-corrected chi connectivity index (χ2v) is 7.59. The van der Waals surface area contributed by atoms with Crippen molar-refractivity contribution in [2.24, 2.45) is 0 Å². The molecule has 1 unspecified atom stereocenters. The quantitative estimate of drug-likeness (QED) is 0.695. The van der Waals surface area contributed by atoms with Crippen molar-refractivity contribution in [1.29, 1.82) is 0 Å². The Balaban J connectivity index is 1.93. The zero-order valence-electron chi connectivity index (χ0n) is 18.2. The minimum absolute atomic E-state index is 0.117. The molecule has 0 aliphatic carbocycles. The number of benzene rings is 1. The average molecular weight is 432 g/mol. The predicted octanol–water partition coefficient (Wildman–Crippen LogP) is 1.89. The van der Waals surface area contributed by atoms with E-state index in [9.17, 15) is 18.8 Å². The van der Waals surface area contributed by atoms with Crippen LogP contribution >= 0.6 is 0 Å². The molecule has 0 bridgehead atoms. The molecule has 0 spiro atoms. The number of halogens is 1. The molecule has 1 aromatic carbocycles. The van der Waals surface area contributed by atoms with E-state index in [1.165, 1.54) is 17.0 Å². The van der Waals surface area contributed by atoms with E-state index in [4.69, 9.17) is 4.74 Å². The first-order chi connectivity index (χ1) is 14.8. The molecule has 3 rings (SSSR count). The van der Waals surface area contributed by atoms with Crippen LogP contribution in [-0.2, 0) is 14.3 Å². The second-order valence-electron chi connectivity index (χ2n) is 7.59. The number of ether oxygens (including phenoxy) is 1. The van der Waals surface area contributed by atoms with Crippen LogP contribution in [0.5, 0.6) is 0 Å². The van der Waals surface area contributed by atoms with Gasteiger partial charge in [-0.1, -0.05) is 19.1 Å². The Labute approximate surface area is 181 Å². The van der Waals surface area contributed by atoms with Gasteiger partial charge in [-0.2, -0.15) is 0 Å². The fraction of sp³-hybridized carbons (Fsp3) is 0.500. The van der Waals surface area contributed by atoms with E-state index in [1.807, 2.05) is 11.8 Å². The summed E-state index contributed by atoms with van der Waals surface area (Å²) in [6.45, 7) is 6.53. The van der Waals surface area contributed by atoms with Crippen molar-refractivity contribution >= 4 is 17.9 Å². The lowest BCUT2D eigenvalue weighted by molar-refractivity contribution is -0.139. The van der Waals surface area contributed by atoms with Gasteiger partial charge in [0.1, 0.15) is 5.82 Å². The first-order valence-electron chi connectivity index (χ1n) is 10.6. The molecule has 2 heterocycles. The minimum atomic E-state index is -0.809. The van der Waals surface area contributed by atoms with Crippen LogP contribution in [0.1, 0.15) is 31.9 Å². The summed E-state index contributed by atoms with van der Waals surface area (Å²) in [7, 11) is 1.60. The Morgan fingerprint density at radius 2 is 1.90 bits per heavy atom. The number of urea groups is 1. The topological polar surface area (TPSA) is 82.2 Å². The van der Waals surface area contributed by atoms with Crippen molar-refractivity contribution in [2.75, 3.05) is 46.4 Å². The summed E-state index contributed by atoms with van der Waals surface area (Å²) in [5.41, 5.74) is 1.29. The lowest BCUT2D eigenvalue weighted by Crippen LogP contribution is -2.53. The van der Waals surface area contributed by atoms with Crippen molar-refractivity contribution in [3.8, 4) is 0 Å². The highest BCUT2D eigenvalue weighted by Crippen LogP contribution is 2.31. The Morgan fingerprint density at radius 3 is 2.52 bits per heavy atom. The van der Waals surface area contributed by atoms with Gasteiger partial charge in [-0.25, -0.2) is 14.0 Å². The SMILES string of the molecule is CCOC(=O)C1=C(CN2CCN(C(=O)CC)CC2)N(C)C(=O)NC1c1cccc(F)c1. The van der Waals surface area contributed by atoms with E-state index in [2.05, 4.69) is 10.2 Å². The Kier molecular flexibility index (Phi) is 7.27. The number of esters is 1. The van der Waals surface area contributed by atoms with Crippen molar-refractivity contribution < 1.29 is 23.5 Å². The summed E-state index contributed by atoms with van der Waals surface area (Å²) >= 11 is 0. The molecule has 1 N–H and O–H groups in total. The zero-order valence-corrected chi connectivity index (χ0v) is 18.2. The lowest BCUT2D eigenvalue weighted by Gasteiger charge is -2.39. The monoisotopic (exact) mass is 432 g/mol. The minimum Gasteiger partial charge on any atom is -0.463 e. The second kappa shape index (κ2) is 9.91. The van der Waals surface area contributed by atoms with Gasteiger partial charge in [-0.3, -0.25) is 14.6 Å². The Bertz CT molecular complexity index is 880. The molecule has 1 saturated heterocycles. The standard InChI is InChI=1S/C22H29FN4O4/c1-4-18(28)27-11-9-26(10-12-27)14-17-19(21(29)31-5-2)20(24-22(30)25(17)3)15-7-6-8-16(23)13-15/h6-8,13,20H,4-5,9-12,14H2,1-3H3,(H,24,30). The lowest BCUT2D eigenvalue weighted by atomic mass is 9.94. The summed E-state index contributed by atoms with van der Waals surface area (Å²) in [6.07, 6.45) is 0.469. The average Bonchev–Trinajstić information content (AvgIpc) is 2.76. The maximum absolute atomic E-state index is 13.9. The van der Waals surface area contributed by atoms with Crippen molar-refractivity contribution in [2.45, 2.75) is 26.3 Å². The van der Waals surface area contributed by atoms with Crippen LogP contribution in [-0.4, -0.2) is 79.0 Å². The van der Waals surface area contributed by atoms with Crippen LogP contribution < -0.4 is 5.32 Å². The normalized spacial score (nSPS) is 20.0. The van der Waals surface area contributed by atoms with Gasteiger partial charge in [0.15, 0.2) is 0 Å². The molecule has 0 radical (unpaired) electrons. The number of likely N-dealkylation sites (N-methyl/N-ethyl adjacent to an activating group) is 1. The first kappa shape index (κ1) is 22.7. The molecule has 168 valence electrons. The predicted molar refractivity (Wildman–Crippen MR) is 112 cm³/mol. The van der Waals surface area contributed by atoms with Gasteiger partial charge >= 0.3 is 12.0 Å². The van der Waals surface area contributed by atoms with Gasteiger partial charge in [-0.15, -0.1) is 0 Å². The van der Waals surface area contributed by atoms with Crippen LogP contribution in [0.25, 0.3) is 0 Å². The van der Waals surface area contributed by atoms with Crippen LogP contribution in [0.2, 0.25) is 0 Å². The third-order valence-corrected chi connectivity index (χ3v) is 5.66. The van der Waals surface area contributed by atoms with Crippen LogP contribution in [0.4, 0.5) is 9.18 Å². The van der Waals surface area contributed by atoms with Crippen molar-refractivity contribution in [1.82, 2.24) is 20.0 Å². The van der Waals surface area contributed by atoms with E-state index in [-0.39, 0.29) is 18.5 Å². The number of hydrogen-bond acceptors (Lipinski definition) is 5. The highest BCUT2D eigenvalue weighted by molar-refractivity contribution is 5.95. The number of nitrogens with one attached hydrogen (secondary N) is 1. The van der Waals surface area contributed by atoms with Crippen molar-refractivity contribution in [3.05, 3.63) is 46.9 Å². The van der Waals surface area contributed by atoms with Gasteiger partial charge < -0.3 is 15.0 Å². The number of hydrogen-bond donors (Lipinski definition) is 1. The molecule has 2 aliphatic rings. The fourth-order valence-electron chi connectivity index (χ4n) is 3.93. The molecule has 1 aromatic rings. The number of nitrogens with zero attached hydrogens (tertiary/aromatic N) is 3. The Morgan fingerprint density at radius 1 is 1.19 bits per heavy atom. The highest BCUT2D eigenvalue weighted by atomic mass is 19.1. The van der Waals surface area contributed by atoms with E-state index in [0.717, 1.165) is 0 Å². The smallest absolute Gasteiger partial charge is 0.338 e. The maximum atomic E-state index is 13.9. The number of piperazine rings is 1. The third kappa shape index (κ3) is 5.04. The molecular formula is C22H29FN4O4. The largest absolute Gasteiger partial charge is 0.463 e. The zero-order chi connectivity index (χ0) is 22.5. The fourth-order valence-corrected chi connectivity index (χ4v) is 3.93. The van der Waals surface area contributed by atoms with E-state index >= 15 is 0 Å².